The third-order valence-electron chi connectivity index (χ3n) is 5.01. The molecular formula is C16H26IN5O2S. The lowest BCUT2D eigenvalue weighted by atomic mass is 9.68. The van der Waals surface area contributed by atoms with Crippen molar-refractivity contribution in [3.63, 3.8) is 0 Å². The van der Waals surface area contributed by atoms with E-state index < -0.39 is 10.0 Å². The summed E-state index contributed by atoms with van der Waals surface area (Å²) in [5.74, 6) is 0.861. The Morgan fingerprint density at radius 3 is 2.72 bits per heavy atom. The Balaban J connectivity index is 0.00000225. The molecule has 1 saturated carbocycles. The van der Waals surface area contributed by atoms with E-state index in [1.165, 1.54) is 37.9 Å². The van der Waals surface area contributed by atoms with Crippen LogP contribution in [0.3, 0.4) is 0 Å². The topological polar surface area (TPSA) is 86.7 Å². The van der Waals surface area contributed by atoms with Crippen molar-refractivity contribution in [1.29, 1.82) is 0 Å². The molecule has 1 spiro atoms. The van der Waals surface area contributed by atoms with E-state index in [-0.39, 0.29) is 28.9 Å². The zero-order chi connectivity index (χ0) is 17.0. The van der Waals surface area contributed by atoms with E-state index in [2.05, 4.69) is 24.9 Å². The summed E-state index contributed by atoms with van der Waals surface area (Å²) in [7, 11) is -1.73. The normalized spacial score (nSPS) is 19.4. The second-order valence-corrected chi connectivity index (χ2v) is 8.35. The zero-order valence-electron chi connectivity index (χ0n) is 14.4. The van der Waals surface area contributed by atoms with Gasteiger partial charge in [0, 0.05) is 45.6 Å². The van der Waals surface area contributed by atoms with Gasteiger partial charge in [-0.1, -0.05) is 6.42 Å². The molecule has 2 heterocycles. The first-order chi connectivity index (χ1) is 11.5. The fraction of sp³-hybridized carbons (Fsp3) is 0.625. The second kappa shape index (κ2) is 8.63. The number of aliphatic imine (C=N–C) groups is 1. The van der Waals surface area contributed by atoms with E-state index in [9.17, 15) is 8.42 Å². The fourth-order valence-corrected chi connectivity index (χ4v) is 4.48. The largest absolute Gasteiger partial charge is 0.355 e. The Bertz CT molecular complexity index is 692. The van der Waals surface area contributed by atoms with Crippen LogP contribution in [-0.4, -0.2) is 57.5 Å². The first-order valence-electron chi connectivity index (χ1n) is 8.40. The smallest absolute Gasteiger partial charge is 0.242 e. The van der Waals surface area contributed by atoms with Gasteiger partial charge in [0.05, 0.1) is 0 Å². The SMILES string of the molecule is CN=C(NCCNS(=O)(=O)c1cccnc1)N1CCC2(CCC2)C1.I. The maximum Gasteiger partial charge on any atom is 0.242 e. The highest BCUT2D eigenvalue weighted by molar-refractivity contribution is 14.0. The molecule has 3 rings (SSSR count). The quantitative estimate of drug-likeness (QED) is 0.289. The number of halogens is 1. The molecule has 1 aliphatic heterocycles. The first kappa shape index (κ1) is 20.4. The number of sulfonamides is 1. The molecule has 0 unspecified atom stereocenters. The molecule has 9 heteroatoms. The number of guanidine groups is 1. The molecule has 25 heavy (non-hydrogen) atoms. The van der Waals surface area contributed by atoms with Gasteiger partial charge in [0.1, 0.15) is 4.90 Å². The third-order valence-corrected chi connectivity index (χ3v) is 6.46. The number of aromatic nitrogens is 1. The van der Waals surface area contributed by atoms with Gasteiger partial charge in [-0.3, -0.25) is 9.98 Å². The van der Waals surface area contributed by atoms with Crippen molar-refractivity contribution in [2.24, 2.45) is 10.4 Å². The van der Waals surface area contributed by atoms with Crippen molar-refractivity contribution < 1.29 is 8.42 Å². The third kappa shape index (κ3) is 4.82. The van der Waals surface area contributed by atoms with Crippen molar-refractivity contribution >= 4 is 40.0 Å². The van der Waals surface area contributed by atoms with Crippen LogP contribution in [0.15, 0.2) is 34.4 Å². The summed E-state index contributed by atoms with van der Waals surface area (Å²) in [6, 6.07) is 3.14. The van der Waals surface area contributed by atoms with E-state index in [4.69, 9.17) is 0 Å². The van der Waals surface area contributed by atoms with Gasteiger partial charge >= 0.3 is 0 Å². The molecule has 2 aliphatic rings. The van der Waals surface area contributed by atoms with Gasteiger partial charge in [0.15, 0.2) is 5.96 Å². The summed E-state index contributed by atoms with van der Waals surface area (Å²) in [5, 5.41) is 3.25. The standard InChI is InChI=1S/C16H25N5O2S.HI/c1-17-15(21-11-7-16(13-21)5-3-6-16)19-9-10-20-24(22,23)14-4-2-8-18-12-14;/h2,4,8,12,20H,3,5-7,9-11,13H2,1H3,(H,17,19);1H. The van der Waals surface area contributed by atoms with Gasteiger partial charge in [-0.25, -0.2) is 13.1 Å². The maximum atomic E-state index is 12.1. The highest BCUT2D eigenvalue weighted by Crippen LogP contribution is 2.47. The average Bonchev–Trinajstić information content (AvgIpc) is 3.01. The average molecular weight is 479 g/mol. The number of nitrogens with zero attached hydrogens (tertiary/aromatic N) is 3. The van der Waals surface area contributed by atoms with Crippen LogP contribution in [-0.2, 0) is 10.0 Å². The Morgan fingerprint density at radius 2 is 2.16 bits per heavy atom. The molecule has 0 amide bonds. The van der Waals surface area contributed by atoms with Crippen molar-refractivity contribution in [2.45, 2.75) is 30.6 Å². The van der Waals surface area contributed by atoms with E-state index in [1.807, 2.05) is 0 Å². The maximum absolute atomic E-state index is 12.1. The molecule has 0 bridgehead atoms. The van der Waals surface area contributed by atoms with Crippen LogP contribution in [0.2, 0.25) is 0 Å². The molecule has 7 nitrogen and oxygen atoms in total. The molecule has 1 aliphatic carbocycles. The summed E-state index contributed by atoms with van der Waals surface area (Å²) in [6.07, 6.45) is 8.13. The predicted octanol–water partition coefficient (Wildman–Crippen LogP) is 1.43. The molecule has 2 N–H and O–H groups in total. The molecule has 0 atom stereocenters. The number of likely N-dealkylation sites (tertiary alicyclic amines) is 1. The van der Waals surface area contributed by atoms with Gasteiger partial charge in [-0.2, -0.15) is 0 Å². The monoisotopic (exact) mass is 479 g/mol. The second-order valence-electron chi connectivity index (χ2n) is 6.59. The summed E-state index contributed by atoms with van der Waals surface area (Å²) in [5.41, 5.74) is 0.513. The lowest BCUT2D eigenvalue weighted by Crippen LogP contribution is -2.44. The summed E-state index contributed by atoms with van der Waals surface area (Å²) in [4.78, 5) is 10.6. The molecule has 0 radical (unpaired) electrons. The fourth-order valence-electron chi connectivity index (χ4n) is 3.48. The Labute approximate surface area is 166 Å². The van der Waals surface area contributed by atoms with Gasteiger partial charge < -0.3 is 10.2 Å². The molecule has 1 saturated heterocycles. The predicted molar refractivity (Wildman–Crippen MR) is 109 cm³/mol. The number of pyridine rings is 1. The summed E-state index contributed by atoms with van der Waals surface area (Å²) < 4.78 is 26.8. The van der Waals surface area contributed by atoms with Gasteiger partial charge in [0.25, 0.3) is 0 Å². The first-order valence-corrected chi connectivity index (χ1v) is 9.88. The molecule has 1 aromatic heterocycles. The Hall–Kier alpha value is -0.940. The zero-order valence-corrected chi connectivity index (χ0v) is 17.6. The lowest BCUT2D eigenvalue weighted by molar-refractivity contribution is 0.151. The summed E-state index contributed by atoms with van der Waals surface area (Å²) in [6.45, 7) is 2.89. The van der Waals surface area contributed by atoms with Crippen LogP contribution in [0.1, 0.15) is 25.7 Å². The van der Waals surface area contributed by atoms with Gasteiger partial charge in [0.2, 0.25) is 10.0 Å². The van der Waals surface area contributed by atoms with Crippen LogP contribution >= 0.6 is 24.0 Å². The lowest BCUT2D eigenvalue weighted by Gasteiger charge is -2.38. The number of hydrogen-bond acceptors (Lipinski definition) is 4. The Kier molecular flexibility index (Phi) is 7.03. The molecule has 0 aromatic carbocycles. The minimum atomic E-state index is -3.50. The van der Waals surface area contributed by atoms with Crippen LogP contribution in [0.4, 0.5) is 0 Å². The number of rotatable bonds is 5. The van der Waals surface area contributed by atoms with Crippen molar-refractivity contribution in [1.82, 2.24) is 19.9 Å². The van der Waals surface area contributed by atoms with Crippen LogP contribution < -0.4 is 10.0 Å². The van der Waals surface area contributed by atoms with E-state index in [0.29, 0.717) is 18.5 Å². The van der Waals surface area contributed by atoms with Crippen LogP contribution in [0, 0.1) is 5.41 Å². The van der Waals surface area contributed by atoms with E-state index >= 15 is 0 Å². The van der Waals surface area contributed by atoms with Crippen LogP contribution in [0.25, 0.3) is 0 Å². The number of nitrogens with one attached hydrogen (secondary N) is 2. The highest BCUT2D eigenvalue weighted by atomic mass is 127. The van der Waals surface area contributed by atoms with E-state index in [0.717, 1.165) is 19.0 Å². The minimum absolute atomic E-state index is 0. The number of hydrogen-bond donors (Lipinski definition) is 2. The molecule has 1 aromatic rings. The van der Waals surface area contributed by atoms with Crippen molar-refractivity contribution in [3.8, 4) is 0 Å². The van der Waals surface area contributed by atoms with Gasteiger partial charge in [-0.05, 0) is 36.8 Å². The highest BCUT2D eigenvalue weighted by Gasteiger charge is 2.43. The Morgan fingerprint density at radius 1 is 1.36 bits per heavy atom. The van der Waals surface area contributed by atoms with Crippen molar-refractivity contribution in [3.05, 3.63) is 24.5 Å². The molecular weight excluding hydrogens is 453 g/mol. The molecule has 140 valence electrons. The van der Waals surface area contributed by atoms with E-state index in [1.54, 1.807) is 19.3 Å². The molecule has 2 fully saturated rings. The van der Waals surface area contributed by atoms with Crippen molar-refractivity contribution in [2.75, 3.05) is 33.2 Å². The van der Waals surface area contributed by atoms with Crippen LogP contribution in [0.5, 0.6) is 0 Å². The minimum Gasteiger partial charge on any atom is -0.355 e. The van der Waals surface area contributed by atoms with Gasteiger partial charge in [-0.15, -0.1) is 24.0 Å². The summed E-state index contributed by atoms with van der Waals surface area (Å²) >= 11 is 0.